The molecule has 42 heavy (non-hydrogen) atoms. The molecule has 2 N–H and O–H groups in total. The number of benzene rings is 4. The van der Waals surface area contributed by atoms with Gasteiger partial charge in [0.15, 0.2) is 0 Å². The van der Waals surface area contributed by atoms with Gasteiger partial charge in [-0.15, -0.1) is 0 Å². The fraction of sp³-hybridized carbons (Fsp3) is 0.138. The Morgan fingerprint density at radius 3 is 2.02 bits per heavy atom. The van der Waals surface area contributed by atoms with Crippen LogP contribution in [0.2, 0.25) is 0 Å². The van der Waals surface area contributed by atoms with Gasteiger partial charge in [0, 0.05) is 11.8 Å². The van der Waals surface area contributed by atoms with Crippen LogP contribution in [-0.2, 0) is 24.8 Å². The summed E-state index contributed by atoms with van der Waals surface area (Å²) in [4.78, 5) is 12.9. The lowest BCUT2D eigenvalue weighted by Gasteiger charge is -2.24. The molecule has 0 bridgehead atoms. The first-order valence-corrected chi connectivity index (χ1v) is 15.3. The standard InChI is InChI=1S/C29H28FN3O7S2/c1-20-4-13-26(14-5-20)42(37,38)33(23-10-6-21(30)7-11-23)19-29(34)31-22-8-15-25(16-9-22)41(35,36)32-27-18-24(39-2)12-17-28(27)40-3/h4-18,32H,19H2,1-3H3,(H,31,34). The minimum absolute atomic E-state index is 0.0417. The van der Waals surface area contributed by atoms with Crippen molar-refractivity contribution in [3.05, 3.63) is 102 Å². The minimum atomic E-state index is -4.19. The topological polar surface area (TPSA) is 131 Å². The Hall–Kier alpha value is -4.62. The van der Waals surface area contributed by atoms with Crippen molar-refractivity contribution in [2.24, 2.45) is 0 Å². The molecule has 0 saturated carbocycles. The van der Waals surface area contributed by atoms with Crippen LogP contribution in [0.15, 0.2) is 101 Å². The van der Waals surface area contributed by atoms with Gasteiger partial charge in [0.05, 0.1) is 35.4 Å². The summed E-state index contributed by atoms with van der Waals surface area (Å²) >= 11 is 0. The summed E-state index contributed by atoms with van der Waals surface area (Å²) in [6.07, 6.45) is 0. The van der Waals surface area contributed by atoms with E-state index in [0.717, 1.165) is 22.0 Å². The van der Waals surface area contributed by atoms with Crippen LogP contribution in [0.25, 0.3) is 0 Å². The summed E-state index contributed by atoms with van der Waals surface area (Å²) in [6.45, 7) is 1.18. The predicted octanol–water partition coefficient (Wildman–Crippen LogP) is 4.79. The lowest BCUT2D eigenvalue weighted by molar-refractivity contribution is -0.114. The fourth-order valence-electron chi connectivity index (χ4n) is 3.91. The van der Waals surface area contributed by atoms with Gasteiger partial charge < -0.3 is 14.8 Å². The van der Waals surface area contributed by atoms with Gasteiger partial charge in [0.25, 0.3) is 20.0 Å². The molecule has 4 aromatic carbocycles. The highest BCUT2D eigenvalue weighted by molar-refractivity contribution is 7.93. The maximum absolute atomic E-state index is 13.6. The number of amides is 1. The molecule has 4 rings (SSSR count). The van der Waals surface area contributed by atoms with E-state index in [9.17, 15) is 26.0 Å². The Kier molecular flexibility index (Phi) is 9.02. The highest BCUT2D eigenvalue weighted by atomic mass is 32.2. The zero-order chi connectivity index (χ0) is 30.5. The number of anilines is 3. The van der Waals surface area contributed by atoms with E-state index in [2.05, 4.69) is 10.0 Å². The second-order valence-electron chi connectivity index (χ2n) is 9.05. The summed E-state index contributed by atoms with van der Waals surface area (Å²) in [7, 11) is -5.39. The molecular weight excluding hydrogens is 585 g/mol. The number of carbonyl (C=O) groups excluding carboxylic acids is 1. The number of carbonyl (C=O) groups is 1. The van der Waals surface area contributed by atoms with Crippen LogP contribution >= 0.6 is 0 Å². The van der Waals surface area contributed by atoms with Crippen molar-refractivity contribution in [2.45, 2.75) is 16.7 Å². The van der Waals surface area contributed by atoms with Gasteiger partial charge >= 0.3 is 0 Å². The first-order chi connectivity index (χ1) is 19.9. The van der Waals surface area contributed by atoms with Crippen LogP contribution in [0.5, 0.6) is 11.5 Å². The quantitative estimate of drug-likeness (QED) is 0.249. The molecule has 0 atom stereocenters. The van der Waals surface area contributed by atoms with Gasteiger partial charge in [0.2, 0.25) is 5.91 Å². The van der Waals surface area contributed by atoms with E-state index in [4.69, 9.17) is 9.47 Å². The third kappa shape index (κ3) is 6.98. The van der Waals surface area contributed by atoms with Crippen molar-refractivity contribution in [3.63, 3.8) is 0 Å². The molecule has 4 aromatic rings. The molecule has 0 fully saturated rings. The first-order valence-electron chi connectivity index (χ1n) is 12.4. The van der Waals surface area contributed by atoms with Crippen molar-refractivity contribution in [1.29, 1.82) is 0 Å². The molecule has 0 aromatic heterocycles. The molecule has 0 radical (unpaired) electrons. The predicted molar refractivity (Wildman–Crippen MR) is 158 cm³/mol. The second kappa shape index (κ2) is 12.5. The van der Waals surface area contributed by atoms with Crippen LogP contribution in [0, 0.1) is 12.7 Å². The van der Waals surface area contributed by atoms with Crippen molar-refractivity contribution in [1.82, 2.24) is 0 Å². The lowest BCUT2D eigenvalue weighted by Crippen LogP contribution is -2.38. The maximum atomic E-state index is 13.6. The third-order valence-corrected chi connectivity index (χ3v) is 9.28. The zero-order valence-electron chi connectivity index (χ0n) is 22.9. The third-order valence-electron chi connectivity index (χ3n) is 6.11. The van der Waals surface area contributed by atoms with E-state index in [-0.39, 0.29) is 32.6 Å². The van der Waals surface area contributed by atoms with Crippen molar-refractivity contribution < 1.29 is 35.5 Å². The largest absolute Gasteiger partial charge is 0.497 e. The summed E-state index contributed by atoms with van der Waals surface area (Å²) in [5.74, 6) is -0.560. The molecule has 13 heteroatoms. The van der Waals surface area contributed by atoms with E-state index < -0.39 is 38.3 Å². The molecule has 0 spiro atoms. The fourth-order valence-corrected chi connectivity index (χ4v) is 6.39. The number of rotatable bonds is 11. The SMILES string of the molecule is COc1ccc(OC)c(NS(=O)(=O)c2ccc(NC(=O)CN(c3ccc(F)cc3)S(=O)(=O)c3ccc(C)cc3)cc2)c1. The average Bonchev–Trinajstić information content (AvgIpc) is 2.96. The van der Waals surface area contributed by atoms with Crippen molar-refractivity contribution in [3.8, 4) is 11.5 Å². The Morgan fingerprint density at radius 2 is 1.43 bits per heavy atom. The van der Waals surface area contributed by atoms with E-state index in [1.807, 2.05) is 6.92 Å². The number of sulfonamides is 2. The van der Waals surface area contributed by atoms with Gasteiger partial charge in [-0.2, -0.15) is 0 Å². The average molecular weight is 614 g/mol. The number of ether oxygens (including phenoxy) is 2. The lowest BCUT2D eigenvalue weighted by atomic mass is 10.2. The second-order valence-corrected chi connectivity index (χ2v) is 12.6. The monoisotopic (exact) mass is 613 g/mol. The molecule has 0 unspecified atom stereocenters. The van der Waals surface area contributed by atoms with Gasteiger partial charge in [-0.25, -0.2) is 21.2 Å². The van der Waals surface area contributed by atoms with E-state index >= 15 is 0 Å². The number of hydrogen-bond acceptors (Lipinski definition) is 7. The number of aryl methyl sites for hydroxylation is 1. The van der Waals surface area contributed by atoms with Gasteiger partial charge in [0.1, 0.15) is 23.9 Å². The normalized spacial score (nSPS) is 11.4. The van der Waals surface area contributed by atoms with Crippen molar-refractivity contribution in [2.75, 3.05) is 35.1 Å². The summed E-state index contributed by atoms with van der Waals surface area (Å²) < 4.78 is 80.2. The Morgan fingerprint density at radius 1 is 0.810 bits per heavy atom. The van der Waals surface area contributed by atoms with Crippen molar-refractivity contribution >= 4 is 43.0 Å². The minimum Gasteiger partial charge on any atom is -0.497 e. The molecule has 0 heterocycles. The van der Waals surface area contributed by atoms with Crippen LogP contribution in [0.4, 0.5) is 21.5 Å². The number of hydrogen-bond donors (Lipinski definition) is 2. The van der Waals surface area contributed by atoms with Crippen LogP contribution in [0.3, 0.4) is 0 Å². The highest BCUT2D eigenvalue weighted by Crippen LogP contribution is 2.31. The Labute approximate surface area is 243 Å². The van der Waals surface area contributed by atoms with E-state index in [0.29, 0.717) is 5.75 Å². The molecule has 1 amide bonds. The molecule has 0 aliphatic rings. The number of nitrogens with one attached hydrogen (secondary N) is 2. The molecule has 0 saturated heterocycles. The molecule has 0 aliphatic heterocycles. The molecular formula is C29H28FN3O7S2. The Bertz CT molecular complexity index is 1780. The van der Waals surface area contributed by atoms with Gasteiger partial charge in [-0.3, -0.25) is 13.8 Å². The van der Waals surface area contributed by atoms with Crippen LogP contribution in [-0.4, -0.2) is 43.5 Å². The molecule has 10 nitrogen and oxygen atoms in total. The highest BCUT2D eigenvalue weighted by Gasteiger charge is 2.27. The summed E-state index contributed by atoms with van der Waals surface area (Å²) in [5, 5.41) is 2.58. The summed E-state index contributed by atoms with van der Waals surface area (Å²) in [6, 6.07) is 20.8. The number of methoxy groups -OCH3 is 2. The summed E-state index contributed by atoms with van der Waals surface area (Å²) in [5.41, 5.74) is 1.34. The van der Waals surface area contributed by atoms with E-state index in [1.54, 1.807) is 24.3 Å². The van der Waals surface area contributed by atoms with Crippen LogP contribution < -0.4 is 23.8 Å². The number of halogens is 1. The Balaban J connectivity index is 1.53. The van der Waals surface area contributed by atoms with Crippen LogP contribution in [0.1, 0.15) is 5.56 Å². The number of nitrogens with zero attached hydrogens (tertiary/aromatic N) is 1. The molecule has 220 valence electrons. The zero-order valence-corrected chi connectivity index (χ0v) is 24.5. The van der Waals surface area contributed by atoms with Gasteiger partial charge in [-0.1, -0.05) is 17.7 Å². The smallest absolute Gasteiger partial charge is 0.264 e. The van der Waals surface area contributed by atoms with Gasteiger partial charge in [-0.05, 0) is 79.7 Å². The van der Waals surface area contributed by atoms with E-state index in [1.165, 1.54) is 68.8 Å². The first kappa shape index (κ1) is 30.3. The maximum Gasteiger partial charge on any atom is 0.264 e. The molecule has 0 aliphatic carbocycles.